The first kappa shape index (κ1) is 14.5. The standard InChI is InChI=1S/C14H14O5/c1-17-12-6-3-11(4-7-12)5-8-13(14(16)18-2)19-10-9-15/h3-4,6-8,10H,5H2,1-2H3. The molecule has 0 aliphatic heterocycles. The fraction of sp³-hybridized carbons (Fsp3) is 0.214. The van der Waals surface area contributed by atoms with Gasteiger partial charge in [-0.2, -0.15) is 0 Å². The number of carbonyl (C=O) groups excluding carboxylic acids is 2. The molecule has 0 saturated heterocycles. The summed E-state index contributed by atoms with van der Waals surface area (Å²) in [6.07, 6.45) is 2.75. The van der Waals surface area contributed by atoms with Crippen LogP contribution in [0.25, 0.3) is 0 Å². The predicted octanol–water partition coefficient (Wildman–Crippen LogP) is 1.66. The smallest absolute Gasteiger partial charge is 0.373 e. The molecule has 0 atom stereocenters. The van der Waals surface area contributed by atoms with Gasteiger partial charge in [-0.1, -0.05) is 12.1 Å². The van der Waals surface area contributed by atoms with Crippen molar-refractivity contribution in [3.8, 4) is 5.75 Å². The van der Waals surface area contributed by atoms with Crippen molar-refractivity contribution in [2.24, 2.45) is 0 Å². The van der Waals surface area contributed by atoms with Gasteiger partial charge in [-0.05, 0) is 30.2 Å². The van der Waals surface area contributed by atoms with Crippen LogP contribution in [0.2, 0.25) is 0 Å². The third kappa shape index (κ3) is 4.69. The zero-order valence-corrected chi connectivity index (χ0v) is 10.7. The number of ether oxygens (including phenoxy) is 3. The fourth-order valence-electron chi connectivity index (χ4n) is 1.34. The molecule has 1 aromatic carbocycles. The van der Waals surface area contributed by atoms with Gasteiger partial charge in [0.25, 0.3) is 0 Å². The molecule has 0 fully saturated rings. The fourth-order valence-corrected chi connectivity index (χ4v) is 1.34. The molecule has 0 aliphatic carbocycles. The van der Waals surface area contributed by atoms with E-state index in [1.165, 1.54) is 19.1 Å². The Morgan fingerprint density at radius 1 is 1.26 bits per heavy atom. The summed E-state index contributed by atoms with van der Waals surface area (Å²) < 4.78 is 14.4. The molecule has 1 aromatic rings. The molecule has 0 aliphatic rings. The van der Waals surface area contributed by atoms with Gasteiger partial charge in [-0.15, -0.1) is 0 Å². The highest BCUT2D eigenvalue weighted by molar-refractivity contribution is 5.86. The molecule has 19 heavy (non-hydrogen) atoms. The number of methoxy groups -OCH3 is 2. The van der Waals surface area contributed by atoms with Crippen molar-refractivity contribution < 1.29 is 23.8 Å². The second-order valence-corrected chi connectivity index (χ2v) is 3.47. The minimum Gasteiger partial charge on any atom is -0.497 e. The molecule has 100 valence electrons. The van der Waals surface area contributed by atoms with Crippen molar-refractivity contribution in [3.05, 3.63) is 47.9 Å². The molecule has 0 spiro atoms. The highest BCUT2D eigenvalue weighted by atomic mass is 16.6. The molecular formula is C14H14O5. The van der Waals surface area contributed by atoms with Crippen molar-refractivity contribution in [2.75, 3.05) is 14.2 Å². The minimum atomic E-state index is -0.653. The van der Waals surface area contributed by atoms with Gasteiger partial charge in [-0.3, -0.25) is 0 Å². The second kappa shape index (κ2) is 7.74. The molecule has 0 heterocycles. The van der Waals surface area contributed by atoms with Crippen LogP contribution in [0.4, 0.5) is 0 Å². The molecule has 0 radical (unpaired) electrons. The summed E-state index contributed by atoms with van der Waals surface area (Å²) in [4.78, 5) is 21.4. The highest BCUT2D eigenvalue weighted by Crippen LogP contribution is 2.13. The first-order chi connectivity index (χ1) is 9.21. The van der Waals surface area contributed by atoms with Crippen LogP contribution < -0.4 is 4.74 Å². The zero-order valence-electron chi connectivity index (χ0n) is 10.7. The maximum atomic E-state index is 11.4. The molecule has 0 aromatic heterocycles. The Balaban J connectivity index is 2.78. The third-order valence-electron chi connectivity index (χ3n) is 2.30. The zero-order chi connectivity index (χ0) is 14.1. The van der Waals surface area contributed by atoms with Crippen LogP contribution in [0, 0.1) is 0 Å². The topological polar surface area (TPSA) is 61.8 Å². The van der Waals surface area contributed by atoms with Crippen molar-refractivity contribution in [3.63, 3.8) is 0 Å². The average molecular weight is 262 g/mol. The Kier molecular flexibility index (Phi) is 5.92. The summed E-state index contributed by atoms with van der Waals surface area (Å²) in [5.74, 6) is 1.47. The molecule has 0 N–H and O–H groups in total. The highest BCUT2D eigenvalue weighted by Gasteiger charge is 2.09. The lowest BCUT2D eigenvalue weighted by Crippen LogP contribution is -2.06. The Bertz CT molecular complexity index is 495. The maximum Gasteiger partial charge on any atom is 0.373 e. The molecule has 0 saturated carbocycles. The van der Waals surface area contributed by atoms with Crippen molar-refractivity contribution >= 4 is 11.9 Å². The van der Waals surface area contributed by atoms with E-state index in [4.69, 9.17) is 9.47 Å². The Morgan fingerprint density at radius 3 is 2.47 bits per heavy atom. The van der Waals surface area contributed by atoms with E-state index in [0.29, 0.717) is 6.42 Å². The summed E-state index contributed by atoms with van der Waals surface area (Å²) in [6, 6.07) is 7.35. The first-order valence-corrected chi connectivity index (χ1v) is 5.48. The van der Waals surface area contributed by atoms with Gasteiger partial charge in [0.05, 0.1) is 14.2 Å². The van der Waals surface area contributed by atoms with Gasteiger partial charge < -0.3 is 14.2 Å². The summed E-state index contributed by atoms with van der Waals surface area (Å²) in [5, 5.41) is 0. The van der Waals surface area contributed by atoms with E-state index in [-0.39, 0.29) is 5.76 Å². The molecule has 5 nitrogen and oxygen atoms in total. The van der Waals surface area contributed by atoms with Crippen LogP contribution in [0.3, 0.4) is 0 Å². The van der Waals surface area contributed by atoms with Crippen LogP contribution in [0.15, 0.2) is 42.4 Å². The lowest BCUT2D eigenvalue weighted by atomic mass is 10.1. The van der Waals surface area contributed by atoms with E-state index >= 15 is 0 Å². The SMILES string of the molecule is COC(=O)C(=CCc1ccc(OC)cc1)OC=C=O. The quantitative estimate of drug-likeness (QED) is 0.337. The van der Waals surface area contributed by atoms with Crippen LogP contribution >= 0.6 is 0 Å². The Labute approximate surface area is 111 Å². The van der Waals surface area contributed by atoms with E-state index < -0.39 is 5.97 Å². The molecule has 0 unspecified atom stereocenters. The van der Waals surface area contributed by atoms with E-state index in [2.05, 4.69) is 4.74 Å². The number of esters is 1. The number of allylic oxidation sites excluding steroid dienone is 1. The Hall–Kier alpha value is -2.52. The van der Waals surface area contributed by atoms with Crippen molar-refractivity contribution in [1.29, 1.82) is 0 Å². The van der Waals surface area contributed by atoms with E-state index in [0.717, 1.165) is 17.6 Å². The predicted molar refractivity (Wildman–Crippen MR) is 68.1 cm³/mol. The number of rotatable bonds is 6. The van der Waals surface area contributed by atoms with Gasteiger partial charge in [0.1, 0.15) is 5.75 Å². The van der Waals surface area contributed by atoms with Gasteiger partial charge >= 0.3 is 5.97 Å². The van der Waals surface area contributed by atoms with E-state index in [9.17, 15) is 9.59 Å². The van der Waals surface area contributed by atoms with E-state index in [1.807, 2.05) is 24.3 Å². The summed E-state index contributed by atoms with van der Waals surface area (Å²) in [6.45, 7) is 0. The normalized spacial score (nSPS) is 10.3. The number of carbonyl (C=O) groups is 1. The van der Waals surface area contributed by atoms with Crippen molar-refractivity contribution in [1.82, 2.24) is 0 Å². The van der Waals surface area contributed by atoms with Crippen LogP contribution in [-0.4, -0.2) is 26.1 Å². The lowest BCUT2D eigenvalue weighted by molar-refractivity contribution is -0.139. The molecular weight excluding hydrogens is 248 g/mol. The number of benzene rings is 1. The average Bonchev–Trinajstić information content (AvgIpc) is 2.47. The summed E-state index contributed by atoms with van der Waals surface area (Å²) >= 11 is 0. The number of hydrogen-bond donors (Lipinski definition) is 0. The number of hydrogen-bond acceptors (Lipinski definition) is 5. The Morgan fingerprint density at radius 2 is 1.95 bits per heavy atom. The van der Waals surface area contributed by atoms with Gasteiger partial charge in [-0.25, -0.2) is 9.59 Å². The van der Waals surface area contributed by atoms with Gasteiger partial charge in [0.2, 0.25) is 5.76 Å². The largest absolute Gasteiger partial charge is 0.497 e. The van der Waals surface area contributed by atoms with Crippen molar-refractivity contribution in [2.45, 2.75) is 6.42 Å². The molecule has 5 heteroatoms. The summed E-state index contributed by atoms with van der Waals surface area (Å²) in [5.41, 5.74) is 0.959. The first-order valence-electron chi connectivity index (χ1n) is 5.48. The monoisotopic (exact) mass is 262 g/mol. The molecule has 1 rings (SSSR count). The van der Waals surface area contributed by atoms with E-state index in [1.54, 1.807) is 7.11 Å². The van der Waals surface area contributed by atoms with Gasteiger partial charge in [0, 0.05) is 0 Å². The maximum absolute atomic E-state index is 11.4. The summed E-state index contributed by atoms with van der Waals surface area (Å²) in [7, 11) is 2.82. The third-order valence-corrected chi connectivity index (χ3v) is 2.30. The van der Waals surface area contributed by atoms with Crippen LogP contribution in [-0.2, 0) is 25.5 Å². The van der Waals surface area contributed by atoms with Gasteiger partial charge in [0.15, 0.2) is 12.2 Å². The molecule has 0 amide bonds. The lowest BCUT2D eigenvalue weighted by Gasteiger charge is -2.04. The molecule has 0 bridgehead atoms. The second-order valence-electron chi connectivity index (χ2n) is 3.47. The van der Waals surface area contributed by atoms with Crippen LogP contribution in [0.1, 0.15) is 5.56 Å². The van der Waals surface area contributed by atoms with Crippen LogP contribution in [0.5, 0.6) is 5.75 Å². The minimum absolute atomic E-state index is 0.0540.